The molecule has 0 aromatic heterocycles. The Balaban J connectivity index is 2.01. The van der Waals surface area contributed by atoms with Gasteiger partial charge in [0.1, 0.15) is 11.9 Å². The minimum atomic E-state index is -0.285. The van der Waals surface area contributed by atoms with E-state index in [-0.39, 0.29) is 23.6 Å². The summed E-state index contributed by atoms with van der Waals surface area (Å²) in [6.45, 7) is 10.4. The first-order chi connectivity index (χ1) is 12.2. The van der Waals surface area contributed by atoms with Crippen molar-refractivity contribution in [3.05, 3.63) is 29.8 Å². The van der Waals surface area contributed by atoms with E-state index in [0.717, 1.165) is 12.3 Å². The Hall–Kier alpha value is -1.59. The summed E-state index contributed by atoms with van der Waals surface area (Å²) in [5.74, 6) is 1.13. The highest BCUT2D eigenvalue weighted by Gasteiger charge is 2.38. The zero-order chi connectivity index (χ0) is 19.3. The van der Waals surface area contributed by atoms with Crippen molar-refractivity contribution in [1.82, 2.24) is 4.90 Å². The lowest BCUT2D eigenvalue weighted by Gasteiger charge is -2.41. The number of carbonyl (C=O) groups excluding carboxylic acids is 1. The summed E-state index contributed by atoms with van der Waals surface area (Å²) in [5.41, 5.74) is 0.275. The van der Waals surface area contributed by atoms with Crippen molar-refractivity contribution in [2.75, 3.05) is 33.9 Å². The molecule has 2 atom stereocenters. The average molecular weight is 363 g/mol. The van der Waals surface area contributed by atoms with Gasteiger partial charge in [-0.05, 0) is 58.1 Å². The van der Waals surface area contributed by atoms with E-state index in [4.69, 9.17) is 14.2 Å². The van der Waals surface area contributed by atoms with Crippen LogP contribution < -0.4 is 4.74 Å². The molecule has 26 heavy (non-hydrogen) atoms. The van der Waals surface area contributed by atoms with E-state index in [1.165, 1.54) is 0 Å². The molecule has 0 bridgehead atoms. The predicted molar refractivity (Wildman–Crippen MR) is 103 cm³/mol. The summed E-state index contributed by atoms with van der Waals surface area (Å²) in [6.07, 6.45) is 0.554. The molecule has 5 nitrogen and oxygen atoms in total. The number of esters is 1. The second-order valence-corrected chi connectivity index (χ2v) is 8.47. The van der Waals surface area contributed by atoms with Gasteiger partial charge in [0.2, 0.25) is 0 Å². The topological polar surface area (TPSA) is 48.0 Å². The molecule has 146 valence electrons. The molecule has 2 rings (SSSR count). The van der Waals surface area contributed by atoms with Crippen LogP contribution in [-0.2, 0) is 9.47 Å². The largest absolute Gasteiger partial charge is 0.493 e. The summed E-state index contributed by atoms with van der Waals surface area (Å²) in [7, 11) is 4.04. The number of benzene rings is 1. The van der Waals surface area contributed by atoms with E-state index in [0.29, 0.717) is 31.1 Å². The number of rotatable bonds is 7. The van der Waals surface area contributed by atoms with Crippen LogP contribution in [0.3, 0.4) is 0 Å². The lowest BCUT2D eigenvalue weighted by molar-refractivity contribution is -0.135. The molecule has 0 aliphatic carbocycles. The molecular formula is C21H33NO4. The highest BCUT2D eigenvalue weighted by molar-refractivity contribution is 5.89. The average Bonchev–Trinajstić information content (AvgIpc) is 2.55. The maximum atomic E-state index is 12.6. The maximum absolute atomic E-state index is 12.6. The van der Waals surface area contributed by atoms with Crippen LogP contribution in [0.1, 0.15) is 44.5 Å². The van der Waals surface area contributed by atoms with Gasteiger partial charge in [0, 0.05) is 18.9 Å². The van der Waals surface area contributed by atoms with Crippen LogP contribution in [0.4, 0.5) is 0 Å². The number of hydrogen-bond acceptors (Lipinski definition) is 5. The Kier molecular flexibility index (Phi) is 7.07. The first-order valence-electron chi connectivity index (χ1n) is 9.39. The number of ether oxygens (including phenoxy) is 3. The molecule has 0 saturated carbocycles. The fraction of sp³-hybridized carbons (Fsp3) is 0.667. The fourth-order valence-electron chi connectivity index (χ4n) is 3.08. The molecule has 0 N–H and O–H groups in total. The van der Waals surface area contributed by atoms with Gasteiger partial charge in [0.15, 0.2) is 0 Å². The van der Waals surface area contributed by atoms with E-state index < -0.39 is 0 Å². The van der Waals surface area contributed by atoms with Gasteiger partial charge in [-0.2, -0.15) is 0 Å². The van der Waals surface area contributed by atoms with Crippen molar-refractivity contribution in [3.8, 4) is 5.75 Å². The van der Waals surface area contributed by atoms with E-state index in [1.54, 1.807) is 12.1 Å². The molecule has 0 unspecified atom stereocenters. The van der Waals surface area contributed by atoms with Crippen LogP contribution in [0, 0.1) is 11.8 Å². The van der Waals surface area contributed by atoms with Gasteiger partial charge < -0.3 is 19.1 Å². The Morgan fingerprint density at radius 3 is 2.50 bits per heavy atom. The molecule has 0 radical (unpaired) electrons. The van der Waals surface area contributed by atoms with Crippen LogP contribution in [0.5, 0.6) is 5.75 Å². The lowest BCUT2D eigenvalue weighted by Crippen LogP contribution is -2.48. The second kappa shape index (κ2) is 8.87. The van der Waals surface area contributed by atoms with Gasteiger partial charge in [-0.1, -0.05) is 13.8 Å². The van der Waals surface area contributed by atoms with Crippen molar-refractivity contribution in [1.29, 1.82) is 0 Å². The molecule has 1 fully saturated rings. The van der Waals surface area contributed by atoms with E-state index >= 15 is 0 Å². The van der Waals surface area contributed by atoms with Gasteiger partial charge >= 0.3 is 5.97 Å². The van der Waals surface area contributed by atoms with Crippen LogP contribution in [0.15, 0.2) is 24.3 Å². The van der Waals surface area contributed by atoms with Crippen molar-refractivity contribution < 1.29 is 19.0 Å². The Labute approximate surface area is 157 Å². The summed E-state index contributed by atoms with van der Waals surface area (Å²) in [5, 5.41) is 0. The first-order valence-corrected chi connectivity index (χ1v) is 9.39. The number of nitrogens with zero attached hydrogens (tertiary/aromatic N) is 1. The van der Waals surface area contributed by atoms with Crippen molar-refractivity contribution >= 4 is 5.97 Å². The zero-order valence-corrected chi connectivity index (χ0v) is 17.0. The van der Waals surface area contributed by atoms with E-state index in [9.17, 15) is 4.79 Å². The van der Waals surface area contributed by atoms with Gasteiger partial charge in [0.25, 0.3) is 0 Å². The summed E-state index contributed by atoms with van der Waals surface area (Å²) in [6, 6.07) is 7.18. The molecular weight excluding hydrogens is 330 g/mol. The van der Waals surface area contributed by atoms with Crippen LogP contribution in [-0.4, -0.2) is 56.4 Å². The third kappa shape index (κ3) is 6.29. The summed E-state index contributed by atoms with van der Waals surface area (Å²) in [4.78, 5) is 14.7. The predicted octanol–water partition coefficient (Wildman–Crippen LogP) is 3.62. The minimum absolute atomic E-state index is 0.148. The molecule has 5 heteroatoms. The van der Waals surface area contributed by atoms with Gasteiger partial charge in [0.05, 0.1) is 24.4 Å². The first kappa shape index (κ1) is 20.7. The quantitative estimate of drug-likeness (QED) is 0.693. The maximum Gasteiger partial charge on any atom is 0.338 e. The molecule has 1 aromatic carbocycles. The molecule has 0 amide bonds. The highest BCUT2D eigenvalue weighted by atomic mass is 16.6. The zero-order valence-electron chi connectivity index (χ0n) is 17.0. The minimum Gasteiger partial charge on any atom is -0.493 e. The molecule has 1 saturated heterocycles. The van der Waals surface area contributed by atoms with Crippen molar-refractivity contribution in [3.63, 3.8) is 0 Å². The smallest absolute Gasteiger partial charge is 0.338 e. The monoisotopic (exact) mass is 363 g/mol. The standard InChI is InChI=1S/C21H33NO4/c1-15(2)13-24-18-9-7-16(8-10-18)20(23)26-19-11-21(3,4)25-14-17(19)12-22(5)6/h7-10,15,17,19H,11-14H2,1-6H3/t17-,19-/m1/s1. The van der Waals surface area contributed by atoms with Crippen molar-refractivity contribution in [2.24, 2.45) is 11.8 Å². The van der Waals surface area contributed by atoms with Gasteiger partial charge in [-0.3, -0.25) is 0 Å². The third-order valence-corrected chi connectivity index (χ3v) is 4.44. The normalized spacial score (nSPS) is 22.5. The Bertz CT molecular complexity index is 580. The third-order valence-electron chi connectivity index (χ3n) is 4.44. The van der Waals surface area contributed by atoms with Crippen molar-refractivity contribution in [2.45, 2.75) is 45.8 Å². The number of carbonyl (C=O) groups is 1. The van der Waals surface area contributed by atoms with Gasteiger partial charge in [-0.25, -0.2) is 4.79 Å². The van der Waals surface area contributed by atoms with E-state index in [2.05, 4.69) is 18.7 Å². The molecule has 1 aromatic rings. The highest BCUT2D eigenvalue weighted by Crippen LogP contribution is 2.31. The molecule has 0 spiro atoms. The van der Waals surface area contributed by atoms with Crippen LogP contribution in [0.2, 0.25) is 0 Å². The van der Waals surface area contributed by atoms with Gasteiger partial charge in [-0.15, -0.1) is 0 Å². The Morgan fingerprint density at radius 2 is 1.92 bits per heavy atom. The SMILES string of the molecule is CC(C)COc1ccc(C(=O)O[C@@H]2CC(C)(C)OC[C@H]2CN(C)C)cc1. The lowest BCUT2D eigenvalue weighted by atomic mass is 9.88. The Morgan fingerprint density at radius 1 is 1.27 bits per heavy atom. The molecule has 1 aliphatic heterocycles. The number of hydrogen-bond donors (Lipinski definition) is 0. The summed E-state index contributed by atoms with van der Waals surface area (Å²) >= 11 is 0. The molecule has 1 heterocycles. The van der Waals surface area contributed by atoms with Crippen LogP contribution in [0.25, 0.3) is 0 Å². The molecule has 1 aliphatic rings. The van der Waals surface area contributed by atoms with E-state index in [1.807, 2.05) is 40.1 Å². The fourth-order valence-corrected chi connectivity index (χ4v) is 3.08. The van der Waals surface area contributed by atoms with Crippen LogP contribution >= 0.6 is 0 Å². The summed E-state index contributed by atoms with van der Waals surface area (Å²) < 4.78 is 17.5. The second-order valence-electron chi connectivity index (χ2n) is 8.47.